The molecule has 1 N–H and O–H groups in total. The fourth-order valence-corrected chi connectivity index (χ4v) is 4.53. The van der Waals surface area contributed by atoms with Crippen molar-refractivity contribution in [2.24, 2.45) is 0 Å². The first-order valence-corrected chi connectivity index (χ1v) is 13.0. The molecule has 40 heavy (non-hydrogen) atoms. The Hall–Kier alpha value is -4.56. The number of carbonyl (C=O) groups excluding carboxylic acids is 2. The molecule has 0 aromatic heterocycles. The van der Waals surface area contributed by atoms with Crippen molar-refractivity contribution in [3.8, 4) is 17.2 Å². The van der Waals surface area contributed by atoms with Crippen molar-refractivity contribution in [2.75, 3.05) is 13.4 Å². The van der Waals surface area contributed by atoms with Crippen LogP contribution in [-0.2, 0) is 22.7 Å². The molecule has 0 bridgehead atoms. The van der Waals surface area contributed by atoms with E-state index in [1.807, 2.05) is 12.1 Å². The third-order valence-electron chi connectivity index (χ3n) is 6.35. The minimum absolute atomic E-state index is 0.0437. The summed E-state index contributed by atoms with van der Waals surface area (Å²) in [5.74, 6) is 0.365. The first-order chi connectivity index (χ1) is 19.5. The van der Waals surface area contributed by atoms with Crippen LogP contribution in [0.1, 0.15) is 22.7 Å². The number of nitrogens with one attached hydrogen (secondary N) is 1. The van der Waals surface area contributed by atoms with Gasteiger partial charge in [0.25, 0.3) is 5.91 Å². The van der Waals surface area contributed by atoms with E-state index in [9.17, 15) is 14.0 Å². The van der Waals surface area contributed by atoms with Crippen molar-refractivity contribution in [1.82, 2.24) is 10.2 Å². The lowest BCUT2D eigenvalue weighted by Crippen LogP contribution is -2.45. The Kier molecular flexibility index (Phi) is 8.47. The zero-order chi connectivity index (χ0) is 27.9. The van der Waals surface area contributed by atoms with E-state index in [4.69, 9.17) is 25.8 Å². The summed E-state index contributed by atoms with van der Waals surface area (Å²) in [6, 6.07) is 26.0. The Labute approximate surface area is 236 Å². The smallest absolute Gasteiger partial charge is 0.261 e. The van der Waals surface area contributed by atoms with Crippen LogP contribution in [-0.4, -0.2) is 30.1 Å². The van der Waals surface area contributed by atoms with Gasteiger partial charge in [-0.2, -0.15) is 0 Å². The molecule has 0 radical (unpaired) electrons. The van der Waals surface area contributed by atoms with E-state index in [-0.39, 0.29) is 26.5 Å². The average Bonchev–Trinajstić information content (AvgIpc) is 3.45. The highest BCUT2D eigenvalue weighted by Gasteiger charge is 2.32. The first kappa shape index (κ1) is 27.0. The molecule has 4 aromatic rings. The van der Waals surface area contributed by atoms with Crippen molar-refractivity contribution in [3.05, 3.63) is 125 Å². The van der Waals surface area contributed by atoms with Crippen molar-refractivity contribution in [2.45, 2.75) is 19.1 Å². The van der Waals surface area contributed by atoms with Crippen molar-refractivity contribution in [1.29, 1.82) is 0 Å². The predicted octanol–water partition coefficient (Wildman–Crippen LogP) is 5.67. The van der Waals surface area contributed by atoms with Gasteiger partial charge < -0.3 is 24.4 Å². The summed E-state index contributed by atoms with van der Waals surface area (Å²) >= 11 is 6.21. The summed E-state index contributed by atoms with van der Waals surface area (Å²) in [5, 5.41) is 3.31. The van der Waals surface area contributed by atoms with Gasteiger partial charge in [-0.15, -0.1) is 0 Å². The Morgan fingerprint density at radius 2 is 1.60 bits per heavy atom. The molecule has 9 heteroatoms. The van der Waals surface area contributed by atoms with Crippen LogP contribution in [0.2, 0.25) is 5.02 Å². The van der Waals surface area contributed by atoms with Gasteiger partial charge in [-0.05, 0) is 53.1 Å². The molecule has 204 valence electrons. The molecule has 5 rings (SSSR count). The number of amides is 2. The fraction of sp³-hybridized carbons (Fsp3) is 0.161. The maximum atomic E-state index is 13.8. The van der Waals surface area contributed by atoms with E-state index < -0.39 is 23.7 Å². The van der Waals surface area contributed by atoms with Gasteiger partial charge in [0.2, 0.25) is 12.7 Å². The molecule has 2 amide bonds. The van der Waals surface area contributed by atoms with Crippen LogP contribution in [0, 0.1) is 5.82 Å². The van der Waals surface area contributed by atoms with Gasteiger partial charge in [0.1, 0.15) is 17.6 Å². The quantitative estimate of drug-likeness (QED) is 0.270. The lowest BCUT2D eigenvalue weighted by molar-refractivity contribution is -0.143. The van der Waals surface area contributed by atoms with Crippen molar-refractivity contribution < 1.29 is 28.2 Å². The molecule has 0 unspecified atom stereocenters. The molecule has 1 atom stereocenters. The molecule has 7 nitrogen and oxygen atoms in total. The minimum Gasteiger partial charge on any atom is -0.482 e. The second-order valence-corrected chi connectivity index (χ2v) is 9.49. The normalized spacial score (nSPS) is 12.4. The summed E-state index contributed by atoms with van der Waals surface area (Å²) in [6.07, 6.45) is 0. The average molecular weight is 561 g/mol. The number of hydrogen-bond donors (Lipinski definition) is 1. The molecule has 0 aliphatic carbocycles. The number of benzene rings is 4. The molecule has 1 aliphatic heterocycles. The van der Waals surface area contributed by atoms with E-state index in [0.717, 1.165) is 5.56 Å². The monoisotopic (exact) mass is 560 g/mol. The molecular formula is C31H26ClFN2O5. The van der Waals surface area contributed by atoms with Crippen LogP contribution in [0.25, 0.3) is 0 Å². The molecule has 0 spiro atoms. The maximum Gasteiger partial charge on any atom is 0.261 e. The van der Waals surface area contributed by atoms with Gasteiger partial charge in [-0.25, -0.2) is 4.39 Å². The standard InChI is InChI=1S/C31H26ClFN2O5/c32-25-8-4-5-9-26(25)38-19-29(36)35(18-21-10-13-24(33)14-11-21)30(23-6-2-1-3-7-23)31(37)34-17-22-12-15-27-28(16-22)40-20-39-27/h1-16,30H,17-20H2,(H,34,37)/t30-/m1/s1. The molecule has 0 saturated carbocycles. The zero-order valence-corrected chi connectivity index (χ0v) is 22.1. The molecule has 4 aromatic carbocycles. The Morgan fingerprint density at radius 1 is 0.900 bits per heavy atom. The van der Waals surface area contributed by atoms with Gasteiger partial charge >= 0.3 is 0 Å². The summed E-state index contributed by atoms with van der Waals surface area (Å²) in [4.78, 5) is 28.9. The maximum absolute atomic E-state index is 13.8. The second kappa shape index (κ2) is 12.5. The highest BCUT2D eigenvalue weighted by atomic mass is 35.5. The number of fused-ring (bicyclic) bond motifs is 1. The summed E-state index contributed by atoms with van der Waals surface area (Å²) < 4.78 is 30.2. The lowest BCUT2D eigenvalue weighted by Gasteiger charge is -2.31. The van der Waals surface area contributed by atoms with Crippen LogP contribution < -0.4 is 19.5 Å². The number of halogens is 2. The van der Waals surface area contributed by atoms with Crippen LogP contribution in [0.3, 0.4) is 0 Å². The SMILES string of the molecule is O=C(NCc1ccc2c(c1)OCO2)[C@@H](c1ccccc1)N(Cc1ccc(F)cc1)C(=O)COc1ccccc1Cl. The number of rotatable bonds is 10. The third kappa shape index (κ3) is 6.52. The van der Waals surface area contributed by atoms with Gasteiger partial charge in [0.15, 0.2) is 18.1 Å². The fourth-order valence-electron chi connectivity index (χ4n) is 4.34. The summed E-state index contributed by atoms with van der Waals surface area (Å²) in [6.45, 7) is 0.0388. The van der Waals surface area contributed by atoms with Gasteiger partial charge in [-0.3, -0.25) is 9.59 Å². The van der Waals surface area contributed by atoms with Crippen molar-refractivity contribution in [3.63, 3.8) is 0 Å². The van der Waals surface area contributed by atoms with E-state index in [1.165, 1.54) is 17.0 Å². The van der Waals surface area contributed by atoms with Gasteiger partial charge in [0.05, 0.1) is 5.02 Å². The Morgan fingerprint density at radius 3 is 2.38 bits per heavy atom. The van der Waals surface area contributed by atoms with Crippen LogP contribution in [0.15, 0.2) is 97.1 Å². The highest BCUT2D eigenvalue weighted by molar-refractivity contribution is 6.32. The number of para-hydroxylation sites is 1. The topological polar surface area (TPSA) is 77.1 Å². The van der Waals surface area contributed by atoms with Crippen LogP contribution in [0.4, 0.5) is 4.39 Å². The van der Waals surface area contributed by atoms with E-state index in [2.05, 4.69) is 5.32 Å². The van der Waals surface area contributed by atoms with E-state index >= 15 is 0 Å². The first-order valence-electron chi connectivity index (χ1n) is 12.6. The third-order valence-corrected chi connectivity index (χ3v) is 6.67. The van der Waals surface area contributed by atoms with Gasteiger partial charge in [-0.1, -0.05) is 72.3 Å². The lowest BCUT2D eigenvalue weighted by atomic mass is 10.0. The minimum atomic E-state index is -0.998. The molecule has 1 heterocycles. The predicted molar refractivity (Wildman–Crippen MR) is 147 cm³/mol. The van der Waals surface area contributed by atoms with E-state index in [1.54, 1.807) is 72.8 Å². The molecule has 0 saturated heterocycles. The Bertz CT molecular complexity index is 1480. The second-order valence-electron chi connectivity index (χ2n) is 9.09. The summed E-state index contributed by atoms with van der Waals surface area (Å²) in [7, 11) is 0. The molecule has 1 aliphatic rings. The zero-order valence-electron chi connectivity index (χ0n) is 21.4. The Balaban J connectivity index is 1.42. The van der Waals surface area contributed by atoms with E-state index in [0.29, 0.717) is 33.4 Å². The highest BCUT2D eigenvalue weighted by Crippen LogP contribution is 2.32. The van der Waals surface area contributed by atoms with Crippen molar-refractivity contribution >= 4 is 23.4 Å². The summed E-state index contributed by atoms with van der Waals surface area (Å²) in [5.41, 5.74) is 2.07. The van der Waals surface area contributed by atoms with Crippen LogP contribution in [0.5, 0.6) is 17.2 Å². The number of hydrogen-bond acceptors (Lipinski definition) is 5. The van der Waals surface area contributed by atoms with Crippen LogP contribution >= 0.6 is 11.6 Å². The number of nitrogens with zero attached hydrogens (tertiary/aromatic N) is 1. The molecular weight excluding hydrogens is 535 g/mol. The number of ether oxygens (including phenoxy) is 3. The largest absolute Gasteiger partial charge is 0.482 e. The number of carbonyl (C=O) groups is 2. The molecule has 0 fully saturated rings. The van der Waals surface area contributed by atoms with Gasteiger partial charge in [0, 0.05) is 13.1 Å².